The molecular formula is C12H22N6O2. The molecule has 1 heterocycles. The average Bonchev–Trinajstić information content (AvgIpc) is 2.34. The van der Waals surface area contributed by atoms with E-state index in [4.69, 9.17) is 5.73 Å². The summed E-state index contributed by atoms with van der Waals surface area (Å²) in [6.45, 7) is 10.3. The summed E-state index contributed by atoms with van der Waals surface area (Å²) < 4.78 is 0. The number of rotatable bonds is 7. The number of nitrogens with zero attached hydrogens (tertiary/aromatic N) is 4. The lowest BCUT2D eigenvalue weighted by atomic mass is 10.2. The largest absolute Gasteiger partial charge is 0.368 e. The zero-order valence-electron chi connectivity index (χ0n) is 12.4. The molecule has 0 aromatic carbocycles. The molecule has 0 aliphatic heterocycles. The van der Waals surface area contributed by atoms with Gasteiger partial charge in [-0.3, -0.25) is 10.1 Å². The van der Waals surface area contributed by atoms with Crippen LogP contribution >= 0.6 is 0 Å². The minimum absolute atomic E-state index is 0.0160. The third-order valence-electron chi connectivity index (χ3n) is 3.07. The molecule has 0 aliphatic carbocycles. The van der Waals surface area contributed by atoms with Crippen molar-refractivity contribution in [1.29, 1.82) is 0 Å². The molecule has 8 heteroatoms. The van der Waals surface area contributed by atoms with Gasteiger partial charge in [0.2, 0.25) is 11.8 Å². The minimum Gasteiger partial charge on any atom is -0.368 e. The first-order valence-corrected chi connectivity index (χ1v) is 6.66. The van der Waals surface area contributed by atoms with Gasteiger partial charge in [-0.05, 0) is 26.9 Å². The lowest BCUT2D eigenvalue weighted by Gasteiger charge is -2.23. The van der Waals surface area contributed by atoms with E-state index in [1.807, 2.05) is 6.92 Å². The first kappa shape index (κ1) is 16.1. The predicted molar refractivity (Wildman–Crippen MR) is 78.7 cm³/mol. The van der Waals surface area contributed by atoms with Crippen LogP contribution < -0.4 is 11.1 Å². The van der Waals surface area contributed by atoms with Crippen LogP contribution in [0.25, 0.3) is 0 Å². The molecule has 0 saturated carbocycles. The van der Waals surface area contributed by atoms with Crippen LogP contribution in [0.4, 0.5) is 17.5 Å². The van der Waals surface area contributed by atoms with Gasteiger partial charge in [0, 0.05) is 12.6 Å². The molecule has 112 valence electrons. The Morgan fingerprint density at radius 3 is 2.50 bits per heavy atom. The average molecular weight is 282 g/mol. The lowest BCUT2D eigenvalue weighted by Crippen LogP contribution is -2.35. The highest BCUT2D eigenvalue weighted by molar-refractivity contribution is 5.60. The highest BCUT2D eigenvalue weighted by Gasteiger charge is 2.22. The summed E-state index contributed by atoms with van der Waals surface area (Å²) in [4.78, 5) is 20.6. The number of hydrogen-bond donors (Lipinski definition) is 2. The Hall–Kier alpha value is -1.96. The summed E-state index contributed by atoms with van der Waals surface area (Å²) >= 11 is 0. The van der Waals surface area contributed by atoms with E-state index in [9.17, 15) is 10.1 Å². The summed E-state index contributed by atoms with van der Waals surface area (Å²) in [5, 5.41) is 14.2. The number of aromatic nitrogens is 2. The normalized spacial score (nSPS) is 12.4. The monoisotopic (exact) mass is 282 g/mol. The molecule has 0 spiro atoms. The molecule has 8 nitrogen and oxygen atoms in total. The third-order valence-corrected chi connectivity index (χ3v) is 3.07. The van der Waals surface area contributed by atoms with Crippen LogP contribution in [0.5, 0.6) is 0 Å². The maximum Gasteiger partial charge on any atom is 0.332 e. The number of hydrogen-bond acceptors (Lipinski definition) is 7. The molecule has 0 aliphatic rings. The zero-order chi connectivity index (χ0) is 15.3. The first-order chi connectivity index (χ1) is 9.38. The van der Waals surface area contributed by atoms with Crippen LogP contribution in [0.2, 0.25) is 0 Å². The number of nitro groups is 1. The van der Waals surface area contributed by atoms with Crippen molar-refractivity contribution in [3.63, 3.8) is 0 Å². The highest BCUT2D eigenvalue weighted by atomic mass is 16.6. The molecule has 3 N–H and O–H groups in total. The first-order valence-electron chi connectivity index (χ1n) is 6.66. The van der Waals surface area contributed by atoms with Crippen LogP contribution in [0.3, 0.4) is 0 Å². The number of aryl methyl sites for hydroxylation is 1. The van der Waals surface area contributed by atoms with Gasteiger partial charge in [-0.2, -0.15) is 4.98 Å². The van der Waals surface area contributed by atoms with E-state index in [1.54, 1.807) is 6.92 Å². The van der Waals surface area contributed by atoms with E-state index in [0.717, 1.165) is 19.6 Å². The number of nitrogens with two attached hydrogens (primary N) is 1. The summed E-state index contributed by atoms with van der Waals surface area (Å²) in [5.41, 5.74) is 5.71. The lowest BCUT2D eigenvalue weighted by molar-refractivity contribution is -0.385. The molecule has 1 aromatic heterocycles. The smallest absolute Gasteiger partial charge is 0.332 e. The Morgan fingerprint density at radius 2 is 2.00 bits per heavy atom. The number of anilines is 2. The summed E-state index contributed by atoms with van der Waals surface area (Å²) in [5.74, 6) is 0.213. The van der Waals surface area contributed by atoms with E-state index < -0.39 is 4.92 Å². The SMILES string of the molecule is CCN(CC)CC(C)Nc1nc(N)nc(C)c1[N+](=O)[O-]. The van der Waals surface area contributed by atoms with E-state index in [1.165, 1.54) is 0 Å². The van der Waals surface area contributed by atoms with E-state index in [2.05, 4.69) is 34.0 Å². The highest BCUT2D eigenvalue weighted by Crippen LogP contribution is 2.26. The van der Waals surface area contributed by atoms with Gasteiger partial charge in [0.05, 0.1) is 4.92 Å². The van der Waals surface area contributed by atoms with Gasteiger partial charge in [-0.1, -0.05) is 13.8 Å². The standard InChI is InChI=1S/C12H22N6O2/c1-5-17(6-2)7-8(3)14-11-10(18(19)20)9(4)15-12(13)16-11/h8H,5-7H2,1-4H3,(H3,13,14,15,16). The second-order valence-electron chi connectivity index (χ2n) is 4.65. The molecule has 0 saturated heterocycles. The maximum absolute atomic E-state index is 11.1. The number of nitrogen functional groups attached to an aromatic ring is 1. The van der Waals surface area contributed by atoms with Gasteiger partial charge in [0.25, 0.3) is 0 Å². The van der Waals surface area contributed by atoms with Gasteiger partial charge in [-0.15, -0.1) is 0 Å². The summed E-state index contributed by atoms with van der Waals surface area (Å²) in [7, 11) is 0. The van der Waals surface area contributed by atoms with Gasteiger partial charge in [-0.25, -0.2) is 4.98 Å². The molecule has 1 rings (SSSR count). The molecule has 1 atom stereocenters. The molecule has 1 unspecified atom stereocenters. The molecule has 0 bridgehead atoms. The van der Waals surface area contributed by atoms with Crippen molar-refractivity contribution in [2.45, 2.75) is 33.7 Å². The molecular weight excluding hydrogens is 260 g/mol. The van der Waals surface area contributed by atoms with Gasteiger partial charge >= 0.3 is 5.69 Å². The maximum atomic E-state index is 11.1. The summed E-state index contributed by atoms with van der Waals surface area (Å²) in [6.07, 6.45) is 0. The summed E-state index contributed by atoms with van der Waals surface area (Å²) in [6, 6.07) is 0.0160. The quantitative estimate of drug-likeness (QED) is 0.574. The molecule has 1 aromatic rings. The zero-order valence-corrected chi connectivity index (χ0v) is 12.4. The molecule has 0 amide bonds. The van der Waals surface area contributed by atoms with Gasteiger partial charge in [0.1, 0.15) is 5.69 Å². The van der Waals surface area contributed by atoms with E-state index in [0.29, 0.717) is 0 Å². The minimum atomic E-state index is -0.485. The molecule has 0 fully saturated rings. The van der Waals surface area contributed by atoms with Crippen molar-refractivity contribution >= 4 is 17.5 Å². The Bertz CT molecular complexity index is 475. The topological polar surface area (TPSA) is 110 Å². The Morgan fingerprint density at radius 1 is 1.40 bits per heavy atom. The van der Waals surface area contributed by atoms with Gasteiger partial charge < -0.3 is 16.0 Å². The fourth-order valence-electron chi connectivity index (χ4n) is 2.06. The fraction of sp³-hybridized carbons (Fsp3) is 0.667. The third kappa shape index (κ3) is 4.02. The van der Waals surface area contributed by atoms with Crippen molar-refractivity contribution in [2.75, 3.05) is 30.7 Å². The van der Waals surface area contributed by atoms with Crippen molar-refractivity contribution < 1.29 is 4.92 Å². The van der Waals surface area contributed by atoms with Gasteiger partial charge in [0.15, 0.2) is 0 Å². The van der Waals surface area contributed by atoms with E-state index in [-0.39, 0.29) is 29.2 Å². The molecule has 0 radical (unpaired) electrons. The van der Waals surface area contributed by atoms with Crippen LogP contribution in [0.15, 0.2) is 0 Å². The molecule has 20 heavy (non-hydrogen) atoms. The van der Waals surface area contributed by atoms with Crippen molar-refractivity contribution in [2.24, 2.45) is 0 Å². The van der Waals surface area contributed by atoms with E-state index >= 15 is 0 Å². The predicted octanol–water partition coefficient (Wildman–Crippen LogP) is 1.42. The van der Waals surface area contributed by atoms with Crippen LogP contribution in [-0.2, 0) is 0 Å². The Kier molecular flexibility index (Phi) is 5.63. The van der Waals surface area contributed by atoms with Crippen LogP contribution in [0, 0.1) is 17.0 Å². The Balaban J connectivity index is 2.93. The fourth-order valence-corrected chi connectivity index (χ4v) is 2.06. The van der Waals surface area contributed by atoms with Crippen molar-refractivity contribution in [3.8, 4) is 0 Å². The second-order valence-corrected chi connectivity index (χ2v) is 4.65. The van der Waals surface area contributed by atoms with Crippen LogP contribution in [-0.4, -0.2) is 45.5 Å². The number of nitrogens with one attached hydrogen (secondary N) is 1. The number of likely N-dealkylation sites (N-methyl/N-ethyl adjacent to an activating group) is 1. The van der Waals surface area contributed by atoms with Crippen molar-refractivity contribution in [1.82, 2.24) is 14.9 Å². The van der Waals surface area contributed by atoms with Crippen LogP contribution in [0.1, 0.15) is 26.5 Å². The Labute approximate surface area is 118 Å². The second kappa shape index (κ2) is 6.99. The van der Waals surface area contributed by atoms with Crippen molar-refractivity contribution in [3.05, 3.63) is 15.8 Å².